The molecule has 3 aromatic carbocycles. The van der Waals surface area contributed by atoms with Crippen molar-refractivity contribution >= 4 is 21.5 Å². The molecule has 0 saturated carbocycles. The molecular weight excluding hydrogens is 244 g/mol. The molecule has 0 fully saturated rings. The fraction of sp³-hybridized carbons (Fsp3) is 0.0526. The zero-order valence-electron chi connectivity index (χ0n) is 11.0. The van der Waals surface area contributed by atoms with Gasteiger partial charge in [-0.3, -0.25) is 0 Å². The molecule has 96 valence electrons. The summed E-state index contributed by atoms with van der Waals surface area (Å²) < 4.78 is 5.47. The van der Waals surface area contributed by atoms with Crippen LogP contribution in [0.4, 0.5) is 0 Å². The van der Waals surface area contributed by atoms with E-state index in [9.17, 15) is 0 Å². The minimum Gasteiger partial charge on any atom is -0.469 e. The van der Waals surface area contributed by atoms with E-state index in [4.69, 9.17) is 4.42 Å². The minimum atomic E-state index is 0.836. The van der Waals surface area contributed by atoms with E-state index >= 15 is 0 Å². The van der Waals surface area contributed by atoms with Crippen molar-refractivity contribution in [3.8, 4) is 0 Å². The molecule has 0 aliphatic carbocycles. The summed E-state index contributed by atoms with van der Waals surface area (Å²) >= 11 is 0. The van der Waals surface area contributed by atoms with Crippen molar-refractivity contribution in [2.24, 2.45) is 0 Å². The fourth-order valence-corrected chi connectivity index (χ4v) is 2.86. The van der Waals surface area contributed by atoms with E-state index in [1.165, 1.54) is 27.1 Å². The lowest BCUT2D eigenvalue weighted by Gasteiger charge is -2.08. The Kier molecular flexibility index (Phi) is 2.56. The summed E-state index contributed by atoms with van der Waals surface area (Å²) in [5.74, 6) is 1.01. The van der Waals surface area contributed by atoms with Crippen molar-refractivity contribution in [3.05, 3.63) is 84.3 Å². The normalized spacial score (nSPS) is 11.2. The van der Waals surface area contributed by atoms with Gasteiger partial charge in [-0.25, -0.2) is 0 Å². The van der Waals surface area contributed by atoms with Gasteiger partial charge in [-0.05, 0) is 39.2 Å². The van der Waals surface area contributed by atoms with Crippen molar-refractivity contribution in [1.29, 1.82) is 0 Å². The van der Waals surface area contributed by atoms with Crippen LogP contribution in [0.1, 0.15) is 11.3 Å². The van der Waals surface area contributed by atoms with E-state index in [2.05, 4.69) is 54.6 Å². The second kappa shape index (κ2) is 4.53. The average Bonchev–Trinajstić information content (AvgIpc) is 3.00. The first-order chi connectivity index (χ1) is 9.92. The standard InChI is InChI=1S/C19H14O/c1-2-8-17-14(5-1)10-11-18-15(6-3-9-19(17)18)13-16-7-4-12-20-16/h1-12H,13H2. The Morgan fingerprint density at radius 1 is 0.650 bits per heavy atom. The van der Waals surface area contributed by atoms with E-state index in [0.29, 0.717) is 0 Å². The molecule has 0 N–H and O–H groups in total. The van der Waals surface area contributed by atoms with Gasteiger partial charge in [-0.1, -0.05) is 54.6 Å². The molecule has 1 heteroatoms. The lowest BCUT2D eigenvalue weighted by molar-refractivity contribution is 0.521. The van der Waals surface area contributed by atoms with Crippen LogP contribution in [-0.4, -0.2) is 0 Å². The van der Waals surface area contributed by atoms with Crippen molar-refractivity contribution < 1.29 is 4.42 Å². The van der Waals surface area contributed by atoms with E-state index in [-0.39, 0.29) is 0 Å². The van der Waals surface area contributed by atoms with Crippen LogP contribution in [0.25, 0.3) is 21.5 Å². The van der Waals surface area contributed by atoms with Crippen molar-refractivity contribution in [2.75, 3.05) is 0 Å². The highest BCUT2D eigenvalue weighted by atomic mass is 16.3. The quantitative estimate of drug-likeness (QED) is 0.452. The molecular formula is C19H14O. The van der Waals surface area contributed by atoms with Crippen LogP contribution in [0, 0.1) is 0 Å². The summed E-state index contributed by atoms with van der Waals surface area (Å²) in [6.45, 7) is 0. The second-order valence-corrected chi connectivity index (χ2v) is 5.06. The molecule has 1 heterocycles. The Morgan fingerprint density at radius 3 is 2.45 bits per heavy atom. The number of furan rings is 1. The van der Waals surface area contributed by atoms with Gasteiger partial charge in [0.05, 0.1) is 6.26 Å². The number of rotatable bonds is 2. The van der Waals surface area contributed by atoms with Gasteiger partial charge in [0, 0.05) is 6.42 Å². The highest BCUT2D eigenvalue weighted by Crippen LogP contribution is 2.28. The number of hydrogen-bond donors (Lipinski definition) is 0. The Balaban J connectivity index is 1.96. The van der Waals surface area contributed by atoms with Gasteiger partial charge in [0.25, 0.3) is 0 Å². The molecule has 0 aliphatic heterocycles. The van der Waals surface area contributed by atoms with E-state index < -0.39 is 0 Å². The van der Waals surface area contributed by atoms with Crippen molar-refractivity contribution in [1.82, 2.24) is 0 Å². The molecule has 0 atom stereocenters. The largest absolute Gasteiger partial charge is 0.469 e. The Hall–Kier alpha value is -2.54. The third-order valence-corrected chi connectivity index (χ3v) is 3.82. The molecule has 0 spiro atoms. The minimum absolute atomic E-state index is 0.836. The summed E-state index contributed by atoms with van der Waals surface area (Å²) in [5, 5.41) is 5.22. The number of fused-ring (bicyclic) bond motifs is 3. The third kappa shape index (κ3) is 1.79. The molecule has 0 amide bonds. The summed E-state index contributed by atoms with van der Waals surface area (Å²) in [7, 11) is 0. The highest BCUT2D eigenvalue weighted by molar-refractivity contribution is 6.08. The predicted molar refractivity (Wildman–Crippen MR) is 83.0 cm³/mol. The Labute approximate surface area is 117 Å². The van der Waals surface area contributed by atoms with Gasteiger partial charge in [0.1, 0.15) is 5.76 Å². The SMILES string of the molecule is c1coc(Cc2cccc3c2ccc2ccccc23)c1. The molecule has 0 saturated heterocycles. The van der Waals surface area contributed by atoms with Crippen molar-refractivity contribution in [2.45, 2.75) is 6.42 Å². The van der Waals surface area contributed by atoms with Crippen LogP contribution in [0.3, 0.4) is 0 Å². The summed E-state index contributed by atoms with van der Waals surface area (Å²) in [5.41, 5.74) is 1.31. The third-order valence-electron chi connectivity index (χ3n) is 3.82. The first kappa shape index (κ1) is 11.3. The average molecular weight is 258 g/mol. The Morgan fingerprint density at radius 2 is 1.55 bits per heavy atom. The highest BCUT2D eigenvalue weighted by Gasteiger charge is 2.06. The Bertz CT molecular complexity index is 873. The van der Waals surface area contributed by atoms with E-state index in [1.807, 2.05) is 12.1 Å². The maximum absolute atomic E-state index is 5.47. The lowest BCUT2D eigenvalue weighted by atomic mass is 9.96. The summed E-state index contributed by atoms with van der Waals surface area (Å²) in [6, 6.07) is 23.4. The second-order valence-electron chi connectivity index (χ2n) is 5.06. The zero-order valence-corrected chi connectivity index (χ0v) is 11.0. The maximum Gasteiger partial charge on any atom is 0.108 e. The molecule has 20 heavy (non-hydrogen) atoms. The van der Waals surface area contributed by atoms with Gasteiger partial charge < -0.3 is 4.42 Å². The van der Waals surface area contributed by atoms with Gasteiger partial charge in [0.2, 0.25) is 0 Å². The number of hydrogen-bond acceptors (Lipinski definition) is 1. The van der Waals surface area contributed by atoms with Crippen LogP contribution in [0.15, 0.2) is 77.4 Å². The first-order valence-electron chi connectivity index (χ1n) is 6.83. The summed E-state index contributed by atoms with van der Waals surface area (Å²) in [6.07, 6.45) is 2.57. The summed E-state index contributed by atoms with van der Waals surface area (Å²) in [4.78, 5) is 0. The first-order valence-corrected chi connectivity index (χ1v) is 6.83. The topological polar surface area (TPSA) is 13.1 Å². The molecule has 4 rings (SSSR count). The number of benzene rings is 3. The van der Waals surface area contributed by atoms with Gasteiger partial charge in [-0.15, -0.1) is 0 Å². The molecule has 0 bridgehead atoms. The van der Waals surface area contributed by atoms with E-state index in [1.54, 1.807) is 6.26 Å². The smallest absolute Gasteiger partial charge is 0.108 e. The van der Waals surface area contributed by atoms with Crippen LogP contribution < -0.4 is 0 Å². The van der Waals surface area contributed by atoms with Gasteiger partial charge >= 0.3 is 0 Å². The van der Waals surface area contributed by atoms with Gasteiger partial charge in [0.15, 0.2) is 0 Å². The molecule has 1 nitrogen and oxygen atoms in total. The monoisotopic (exact) mass is 258 g/mol. The van der Waals surface area contributed by atoms with Crippen LogP contribution >= 0.6 is 0 Å². The van der Waals surface area contributed by atoms with Crippen LogP contribution in [-0.2, 0) is 6.42 Å². The zero-order chi connectivity index (χ0) is 13.4. The lowest BCUT2D eigenvalue weighted by Crippen LogP contribution is -1.88. The van der Waals surface area contributed by atoms with Crippen LogP contribution in [0.5, 0.6) is 0 Å². The molecule has 0 unspecified atom stereocenters. The van der Waals surface area contributed by atoms with E-state index in [0.717, 1.165) is 12.2 Å². The van der Waals surface area contributed by atoms with Crippen LogP contribution in [0.2, 0.25) is 0 Å². The van der Waals surface area contributed by atoms with Crippen molar-refractivity contribution in [3.63, 3.8) is 0 Å². The fourth-order valence-electron chi connectivity index (χ4n) is 2.86. The molecule has 1 aromatic heterocycles. The molecule has 0 radical (unpaired) electrons. The molecule has 0 aliphatic rings. The maximum atomic E-state index is 5.47. The molecule has 4 aromatic rings. The predicted octanol–water partition coefficient (Wildman–Crippen LogP) is 5.18. The van der Waals surface area contributed by atoms with Gasteiger partial charge in [-0.2, -0.15) is 0 Å².